The largest absolute Gasteiger partial charge is 0.414 e. The van der Waals surface area contributed by atoms with Crippen LogP contribution in [0.4, 0.5) is 0 Å². The minimum atomic E-state index is -0.750. The predicted molar refractivity (Wildman–Crippen MR) is 36.5 cm³/mol. The third-order valence-corrected chi connectivity index (χ3v) is 0.865. The van der Waals surface area contributed by atoms with E-state index in [4.69, 9.17) is 6.42 Å². The van der Waals surface area contributed by atoms with E-state index in [9.17, 15) is 4.79 Å². The summed E-state index contributed by atoms with van der Waals surface area (Å²) in [6, 6.07) is 0. The molecule has 1 rings (SSSR count). The van der Waals surface area contributed by atoms with Crippen molar-refractivity contribution in [1.29, 1.82) is 0 Å². The number of ether oxygens (including phenoxy) is 1. The lowest BCUT2D eigenvalue weighted by Gasteiger charge is -1.95. The van der Waals surface area contributed by atoms with Crippen LogP contribution in [0.1, 0.15) is 0 Å². The second-order valence-electron chi connectivity index (χ2n) is 1.61. The number of nitrogens with zero attached hydrogens (tertiary/aromatic N) is 2. The van der Waals surface area contributed by atoms with Crippen molar-refractivity contribution in [3.63, 3.8) is 0 Å². The fourth-order valence-corrected chi connectivity index (χ4v) is 0.475. The Balaban J connectivity index is 2.67. The van der Waals surface area contributed by atoms with Crippen LogP contribution in [0.2, 0.25) is 0 Å². The summed E-state index contributed by atoms with van der Waals surface area (Å²) >= 11 is 0. The summed E-state index contributed by atoms with van der Waals surface area (Å²) in [5, 5.41) is 0. The lowest BCUT2D eigenvalue weighted by atomic mass is 10.6. The standard InChI is InChI=1S/C7H4N2O2/c1-2-7(10)11-6-3-8-5-9-4-6/h1,3-5H. The van der Waals surface area contributed by atoms with Gasteiger partial charge in [-0.1, -0.05) is 0 Å². The first-order valence-electron chi connectivity index (χ1n) is 2.76. The van der Waals surface area contributed by atoms with Crippen LogP contribution in [0.15, 0.2) is 18.7 Å². The van der Waals surface area contributed by atoms with Crippen molar-refractivity contribution < 1.29 is 9.53 Å². The molecule has 1 aromatic heterocycles. The molecule has 0 saturated carbocycles. The molecule has 4 heteroatoms. The van der Waals surface area contributed by atoms with Crippen LogP contribution < -0.4 is 4.74 Å². The summed E-state index contributed by atoms with van der Waals surface area (Å²) in [5.41, 5.74) is 0. The maximum atomic E-state index is 10.5. The molecule has 54 valence electrons. The second kappa shape index (κ2) is 3.32. The van der Waals surface area contributed by atoms with E-state index in [0.717, 1.165) is 0 Å². The maximum Gasteiger partial charge on any atom is 0.389 e. The molecule has 11 heavy (non-hydrogen) atoms. The monoisotopic (exact) mass is 148 g/mol. The van der Waals surface area contributed by atoms with Gasteiger partial charge in [0.15, 0.2) is 5.75 Å². The Morgan fingerprint density at radius 1 is 1.55 bits per heavy atom. The van der Waals surface area contributed by atoms with E-state index >= 15 is 0 Å². The molecule has 1 heterocycles. The summed E-state index contributed by atoms with van der Waals surface area (Å²) < 4.78 is 4.56. The van der Waals surface area contributed by atoms with E-state index in [2.05, 4.69) is 14.7 Å². The van der Waals surface area contributed by atoms with Crippen molar-refractivity contribution in [2.75, 3.05) is 0 Å². The Morgan fingerprint density at radius 3 is 2.73 bits per heavy atom. The Labute approximate surface area is 63.2 Å². The van der Waals surface area contributed by atoms with Crippen molar-refractivity contribution >= 4 is 5.97 Å². The molecular formula is C7H4N2O2. The Morgan fingerprint density at radius 2 is 2.18 bits per heavy atom. The summed E-state index contributed by atoms with van der Waals surface area (Å²) in [5.74, 6) is 1.29. The van der Waals surface area contributed by atoms with E-state index < -0.39 is 5.97 Å². The molecule has 0 unspecified atom stereocenters. The van der Waals surface area contributed by atoms with Crippen molar-refractivity contribution in [3.05, 3.63) is 18.7 Å². The lowest BCUT2D eigenvalue weighted by molar-refractivity contribution is -0.128. The van der Waals surface area contributed by atoms with Crippen LogP contribution in [-0.4, -0.2) is 15.9 Å². The van der Waals surface area contributed by atoms with E-state index in [1.807, 2.05) is 0 Å². The first-order valence-corrected chi connectivity index (χ1v) is 2.76. The number of hydrogen-bond acceptors (Lipinski definition) is 4. The molecule has 4 nitrogen and oxygen atoms in total. The molecular weight excluding hydrogens is 144 g/mol. The van der Waals surface area contributed by atoms with Crippen LogP contribution in [-0.2, 0) is 4.79 Å². The van der Waals surface area contributed by atoms with Crippen molar-refractivity contribution in [2.45, 2.75) is 0 Å². The molecule has 1 aromatic rings. The van der Waals surface area contributed by atoms with Gasteiger partial charge in [0.05, 0.1) is 12.4 Å². The van der Waals surface area contributed by atoms with Gasteiger partial charge in [0.1, 0.15) is 6.33 Å². The van der Waals surface area contributed by atoms with Crippen LogP contribution in [0.3, 0.4) is 0 Å². The molecule has 0 aliphatic carbocycles. The molecule has 0 fully saturated rings. The highest BCUT2D eigenvalue weighted by Gasteiger charge is 1.98. The average Bonchev–Trinajstić information content (AvgIpc) is 2.06. The van der Waals surface area contributed by atoms with Gasteiger partial charge in [0.25, 0.3) is 0 Å². The van der Waals surface area contributed by atoms with Crippen LogP contribution in [0.5, 0.6) is 5.75 Å². The normalized spacial score (nSPS) is 8.27. The SMILES string of the molecule is C#CC(=O)Oc1cncnc1. The Bertz CT molecular complexity index is 289. The van der Waals surface area contributed by atoms with Crippen LogP contribution in [0, 0.1) is 12.3 Å². The van der Waals surface area contributed by atoms with Crippen molar-refractivity contribution in [1.82, 2.24) is 9.97 Å². The third kappa shape index (κ3) is 2.06. The van der Waals surface area contributed by atoms with Gasteiger partial charge in [-0.25, -0.2) is 14.8 Å². The van der Waals surface area contributed by atoms with E-state index in [1.54, 1.807) is 5.92 Å². The molecule has 0 aliphatic heterocycles. The zero-order valence-electron chi connectivity index (χ0n) is 5.52. The van der Waals surface area contributed by atoms with Gasteiger partial charge in [0, 0.05) is 5.92 Å². The molecule has 0 radical (unpaired) electrons. The fourth-order valence-electron chi connectivity index (χ4n) is 0.475. The van der Waals surface area contributed by atoms with E-state index in [0.29, 0.717) is 0 Å². The first kappa shape index (κ1) is 7.22. The van der Waals surface area contributed by atoms with Crippen LogP contribution in [0.25, 0.3) is 0 Å². The Kier molecular flexibility index (Phi) is 2.18. The number of terminal acetylenes is 1. The summed E-state index contributed by atoms with van der Waals surface area (Å²) in [6.07, 6.45) is 8.78. The number of carbonyl (C=O) groups excluding carboxylic acids is 1. The van der Waals surface area contributed by atoms with Gasteiger partial charge in [-0.15, -0.1) is 6.42 Å². The molecule has 0 N–H and O–H groups in total. The van der Waals surface area contributed by atoms with Gasteiger partial charge in [0.2, 0.25) is 0 Å². The number of hydrogen-bond donors (Lipinski definition) is 0. The van der Waals surface area contributed by atoms with E-state index in [1.165, 1.54) is 18.7 Å². The number of aromatic nitrogens is 2. The van der Waals surface area contributed by atoms with Gasteiger partial charge >= 0.3 is 5.97 Å². The molecule has 0 aliphatic rings. The lowest BCUT2D eigenvalue weighted by Crippen LogP contribution is -2.04. The van der Waals surface area contributed by atoms with Crippen molar-refractivity contribution in [2.24, 2.45) is 0 Å². The quantitative estimate of drug-likeness (QED) is 0.320. The molecule has 0 aromatic carbocycles. The minimum absolute atomic E-state index is 0.246. The molecule has 0 amide bonds. The van der Waals surface area contributed by atoms with Gasteiger partial charge in [-0.2, -0.15) is 0 Å². The Hall–Kier alpha value is -1.89. The average molecular weight is 148 g/mol. The van der Waals surface area contributed by atoms with E-state index in [-0.39, 0.29) is 5.75 Å². The van der Waals surface area contributed by atoms with Gasteiger partial charge in [-0.3, -0.25) is 0 Å². The number of esters is 1. The number of rotatable bonds is 1. The molecule has 0 bridgehead atoms. The summed E-state index contributed by atoms with van der Waals surface area (Å²) in [7, 11) is 0. The smallest absolute Gasteiger partial charge is 0.389 e. The van der Waals surface area contributed by atoms with Crippen molar-refractivity contribution in [3.8, 4) is 18.1 Å². The van der Waals surface area contributed by atoms with Gasteiger partial charge in [-0.05, 0) is 0 Å². The highest BCUT2D eigenvalue weighted by atomic mass is 16.5. The second-order valence-corrected chi connectivity index (χ2v) is 1.61. The van der Waals surface area contributed by atoms with Gasteiger partial charge < -0.3 is 4.74 Å². The zero-order valence-corrected chi connectivity index (χ0v) is 5.52. The van der Waals surface area contributed by atoms with Crippen LogP contribution >= 0.6 is 0 Å². The highest BCUT2D eigenvalue weighted by molar-refractivity contribution is 5.89. The number of carbonyl (C=O) groups is 1. The molecule has 0 saturated heterocycles. The maximum absolute atomic E-state index is 10.5. The molecule has 0 spiro atoms. The summed E-state index contributed by atoms with van der Waals surface area (Å²) in [4.78, 5) is 17.7. The topological polar surface area (TPSA) is 52.1 Å². The summed E-state index contributed by atoms with van der Waals surface area (Å²) in [6.45, 7) is 0. The third-order valence-electron chi connectivity index (χ3n) is 0.865. The predicted octanol–water partition coefficient (Wildman–Crippen LogP) is 0.0152. The zero-order chi connectivity index (χ0) is 8.10. The highest BCUT2D eigenvalue weighted by Crippen LogP contribution is 2.03. The molecule has 0 atom stereocenters. The first-order chi connectivity index (χ1) is 5.33. The fraction of sp³-hybridized carbons (Fsp3) is 0. The minimum Gasteiger partial charge on any atom is -0.414 e.